The summed E-state index contributed by atoms with van der Waals surface area (Å²) >= 11 is 1.51. The summed E-state index contributed by atoms with van der Waals surface area (Å²) in [6.07, 6.45) is 3.07. The standard InChI is InChI=1S/C13H12N2O3S2/c14-20(17,18)12-5-1-3-10(9-12)15-13(16)7-6-11-4-2-8-19-11/h1-9H,(H,15,16)(H2,14,17,18). The third-order valence-corrected chi connectivity index (χ3v) is 4.12. The number of carbonyl (C=O) groups excluding carboxylic acids is 1. The predicted molar refractivity (Wildman–Crippen MR) is 79.8 cm³/mol. The van der Waals surface area contributed by atoms with Gasteiger partial charge >= 0.3 is 0 Å². The van der Waals surface area contributed by atoms with E-state index in [0.29, 0.717) is 5.69 Å². The molecule has 0 atom stereocenters. The minimum atomic E-state index is -3.78. The Kier molecular flexibility index (Phi) is 4.33. The average Bonchev–Trinajstić information content (AvgIpc) is 2.89. The van der Waals surface area contributed by atoms with Crippen molar-refractivity contribution in [3.8, 4) is 0 Å². The molecule has 5 nitrogen and oxygen atoms in total. The summed E-state index contributed by atoms with van der Waals surface area (Å²) < 4.78 is 22.4. The van der Waals surface area contributed by atoms with Crippen LogP contribution in [-0.2, 0) is 14.8 Å². The van der Waals surface area contributed by atoms with E-state index in [1.54, 1.807) is 12.1 Å². The Hall–Kier alpha value is -1.96. The summed E-state index contributed by atoms with van der Waals surface area (Å²) in [6.45, 7) is 0. The first kappa shape index (κ1) is 14.4. The SMILES string of the molecule is NS(=O)(=O)c1cccc(NC(=O)C=Cc2cccs2)c1. The molecular weight excluding hydrogens is 296 g/mol. The van der Waals surface area contributed by atoms with E-state index in [-0.39, 0.29) is 10.8 Å². The molecule has 7 heteroatoms. The summed E-state index contributed by atoms with van der Waals surface area (Å²) in [5.41, 5.74) is 0.373. The van der Waals surface area contributed by atoms with Crippen molar-refractivity contribution in [1.29, 1.82) is 0 Å². The van der Waals surface area contributed by atoms with Gasteiger partial charge in [0.05, 0.1) is 4.90 Å². The van der Waals surface area contributed by atoms with Gasteiger partial charge in [-0.05, 0) is 35.7 Å². The maximum absolute atomic E-state index is 11.7. The largest absolute Gasteiger partial charge is 0.322 e. The quantitative estimate of drug-likeness (QED) is 0.847. The van der Waals surface area contributed by atoms with Gasteiger partial charge in [-0.15, -0.1) is 11.3 Å². The van der Waals surface area contributed by atoms with Crippen LogP contribution in [0.2, 0.25) is 0 Å². The summed E-state index contributed by atoms with van der Waals surface area (Å²) in [7, 11) is -3.78. The number of sulfonamides is 1. The molecule has 1 aromatic heterocycles. The van der Waals surface area contributed by atoms with E-state index in [9.17, 15) is 13.2 Å². The van der Waals surface area contributed by atoms with Crippen molar-refractivity contribution in [2.45, 2.75) is 4.90 Å². The Morgan fingerprint density at radius 1 is 1.25 bits per heavy atom. The number of nitrogens with two attached hydrogens (primary N) is 1. The highest BCUT2D eigenvalue weighted by Crippen LogP contribution is 2.14. The van der Waals surface area contributed by atoms with Gasteiger partial charge in [-0.1, -0.05) is 12.1 Å². The van der Waals surface area contributed by atoms with Crippen LogP contribution >= 0.6 is 11.3 Å². The molecule has 0 bridgehead atoms. The molecule has 0 saturated heterocycles. The highest BCUT2D eigenvalue weighted by molar-refractivity contribution is 7.89. The Bertz CT molecular complexity index is 735. The number of rotatable bonds is 4. The minimum Gasteiger partial charge on any atom is -0.322 e. The number of hydrogen-bond acceptors (Lipinski definition) is 4. The molecular formula is C13H12N2O3S2. The molecule has 1 heterocycles. The summed E-state index contributed by atoms with van der Waals surface area (Å²) in [5.74, 6) is -0.343. The predicted octanol–water partition coefficient (Wildman–Crippen LogP) is 2.05. The van der Waals surface area contributed by atoms with Crippen molar-refractivity contribution in [3.05, 3.63) is 52.7 Å². The first-order valence-electron chi connectivity index (χ1n) is 5.60. The maximum atomic E-state index is 11.7. The molecule has 1 aromatic carbocycles. The highest BCUT2D eigenvalue weighted by Gasteiger charge is 2.08. The molecule has 0 fully saturated rings. The van der Waals surface area contributed by atoms with Gasteiger partial charge in [-0.25, -0.2) is 13.6 Å². The van der Waals surface area contributed by atoms with Crippen LogP contribution in [0.3, 0.4) is 0 Å². The van der Waals surface area contributed by atoms with Crippen molar-refractivity contribution >= 4 is 39.0 Å². The van der Waals surface area contributed by atoms with Gasteiger partial charge in [0.25, 0.3) is 0 Å². The zero-order valence-electron chi connectivity index (χ0n) is 10.3. The minimum absolute atomic E-state index is 0.0439. The van der Waals surface area contributed by atoms with Crippen molar-refractivity contribution in [1.82, 2.24) is 0 Å². The van der Waals surface area contributed by atoms with E-state index in [1.165, 1.54) is 35.6 Å². The second kappa shape index (κ2) is 6.00. The van der Waals surface area contributed by atoms with Crippen molar-refractivity contribution < 1.29 is 13.2 Å². The second-order valence-corrected chi connectivity index (χ2v) is 6.45. The van der Waals surface area contributed by atoms with Crippen LogP contribution in [-0.4, -0.2) is 14.3 Å². The lowest BCUT2D eigenvalue weighted by Gasteiger charge is -2.04. The second-order valence-electron chi connectivity index (χ2n) is 3.91. The summed E-state index contributed by atoms with van der Waals surface area (Å²) in [5, 5.41) is 9.51. The number of primary sulfonamides is 1. The van der Waals surface area contributed by atoms with Crippen LogP contribution in [0.25, 0.3) is 6.08 Å². The van der Waals surface area contributed by atoms with Crippen LogP contribution in [0.5, 0.6) is 0 Å². The zero-order valence-corrected chi connectivity index (χ0v) is 11.9. The van der Waals surface area contributed by atoms with E-state index in [2.05, 4.69) is 5.32 Å². The smallest absolute Gasteiger partial charge is 0.248 e. The number of nitrogens with one attached hydrogen (secondary N) is 1. The molecule has 0 aliphatic carbocycles. The number of anilines is 1. The zero-order chi connectivity index (χ0) is 14.6. The van der Waals surface area contributed by atoms with Gasteiger partial charge in [0.1, 0.15) is 0 Å². The Morgan fingerprint density at radius 3 is 2.70 bits per heavy atom. The van der Waals surface area contributed by atoms with Crippen molar-refractivity contribution in [2.75, 3.05) is 5.32 Å². The lowest BCUT2D eigenvalue weighted by Crippen LogP contribution is -2.13. The third-order valence-electron chi connectivity index (χ3n) is 2.37. The van der Waals surface area contributed by atoms with E-state index >= 15 is 0 Å². The van der Waals surface area contributed by atoms with Crippen LogP contribution in [0.4, 0.5) is 5.69 Å². The van der Waals surface area contributed by atoms with Gasteiger partial charge in [0.2, 0.25) is 15.9 Å². The highest BCUT2D eigenvalue weighted by atomic mass is 32.2. The first-order chi connectivity index (χ1) is 9.45. The normalized spacial score (nSPS) is 11.7. The van der Waals surface area contributed by atoms with Gasteiger partial charge < -0.3 is 5.32 Å². The number of carbonyl (C=O) groups is 1. The molecule has 0 radical (unpaired) electrons. The summed E-state index contributed by atoms with van der Waals surface area (Å²) in [6, 6.07) is 9.55. The topological polar surface area (TPSA) is 89.3 Å². The molecule has 20 heavy (non-hydrogen) atoms. The lowest BCUT2D eigenvalue weighted by molar-refractivity contribution is -0.111. The number of benzene rings is 1. The molecule has 0 spiro atoms. The lowest BCUT2D eigenvalue weighted by atomic mass is 10.3. The molecule has 2 aromatic rings. The van der Waals surface area contributed by atoms with Gasteiger partial charge in [-0.2, -0.15) is 0 Å². The average molecular weight is 308 g/mol. The van der Waals surface area contributed by atoms with E-state index in [1.807, 2.05) is 17.5 Å². The molecule has 2 rings (SSSR count). The number of hydrogen-bond donors (Lipinski definition) is 2. The molecule has 1 amide bonds. The number of thiophene rings is 1. The van der Waals surface area contributed by atoms with Gasteiger partial charge in [0.15, 0.2) is 0 Å². The molecule has 0 aliphatic heterocycles. The van der Waals surface area contributed by atoms with E-state index in [0.717, 1.165) is 4.88 Å². The summed E-state index contributed by atoms with van der Waals surface area (Å²) in [4.78, 5) is 12.6. The molecule has 104 valence electrons. The van der Waals surface area contributed by atoms with Crippen molar-refractivity contribution in [3.63, 3.8) is 0 Å². The van der Waals surface area contributed by atoms with E-state index in [4.69, 9.17) is 5.14 Å². The Balaban J connectivity index is 2.08. The van der Waals surface area contributed by atoms with Crippen LogP contribution in [0.1, 0.15) is 4.88 Å². The number of amides is 1. The molecule has 0 saturated carbocycles. The maximum Gasteiger partial charge on any atom is 0.248 e. The third kappa shape index (κ3) is 4.02. The monoisotopic (exact) mass is 308 g/mol. The first-order valence-corrected chi connectivity index (χ1v) is 8.03. The Labute approximate surface area is 120 Å². The van der Waals surface area contributed by atoms with Crippen LogP contribution in [0.15, 0.2) is 52.7 Å². The van der Waals surface area contributed by atoms with E-state index < -0.39 is 10.0 Å². The fraction of sp³-hybridized carbons (Fsp3) is 0. The molecule has 0 unspecified atom stereocenters. The van der Waals surface area contributed by atoms with Gasteiger partial charge in [-0.3, -0.25) is 4.79 Å². The molecule has 3 N–H and O–H groups in total. The van der Waals surface area contributed by atoms with Crippen molar-refractivity contribution in [2.24, 2.45) is 5.14 Å². The van der Waals surface area contributed by atoms with Gasteiger partial charge in [0, 0.05) is 16.6 Å². The fourth-order valence-corrected chi connectivity index (χ4v) is 2.66. The van der Waals surface area contributed by atoms with Crippen LogP contribution in [0, 0.1) is 0 Å². The molecule has 0 aliphatic rings. The fourth-order valence-electron chi connectivity index (χ4n) is 1.48. The Morgan fingerprint density at radius 2 is 2.05 bits per heavy atom. The van der Waals surface area contributed by atoms with Crippen LogP contribution < -0.4 is 10.5 Å².